The van der Waals surface area contributed by atoms with Crippen LogP contribution >= 0.6 is 45.5 Å². The number of ether oxygens (including phenoxy) is 1. The minimum atomic E-state index is -0.715. The number of thiophene rings is 1. The Hall–Kier alpha value is -1.46. The number of anilines is 1. The number of amides is 1. The van der Waals surface area contributed by atoms with Gasteiger partial charge in [0.05, 0.1) is 10.1 Å². The van der Waals surface area contributed by atoms with E-state index in [4.69, 9.17) is 16.3 Å². The van der Waals surface area contributed by atoms with Gasteiger partial charge in [-0.25, -0.2) is 13.7 Å². The molecule has 0 N–H and O–H groups in total. The van der Waals surface area contributed by atoms with Gasteiger partial charge >= 0.3 is 6.09 Å². The number of carbonyl (C=O) groups excluding carboxylic acids is 1. The summed E-state index contributed by atoms with van der Waals surface area (Å²) in [6, 6.07) is 3.75. The van der Waals surface area contributed by atoms with Crippen LogP contribution in [-0.2, 0) is 11.3 Å². The SMILES string of the molecule is CC(C)(C)OC(=O)N(Cc1cccs1)c1nc(Cl)nn2cc(I)c(F)c12. The maximum atomic E-state index is 14.7. The Bertz CT molecular complexity index is 955. The van der Waals surface area contributed by atoms with Gasteiger partial charge in [0.25, 0.3) is 0 Å². The zero-order valence-electron chi connectivity index (χ0n) is 14.2. The molecule has 0 spiro atoms. The van der Waals surface area contributed by atoms with Gasteiger partial charge in [0.1, 0.15) is 11.1 Å². The third-order valence-corrected chi connectivity index (χ3v) is 5.02. The second-order valence-electron chi connectivity index (χ2n) is 6.43. The van der Waals surface area contributed by atoms with Crippen LogP contribution in [0.25, 0.3) is 5.52 Å². The Morgan fingerprint density at radius 2 is 2.23 bits per heavy atom. The van der Waals surface area contributed by atoms with Crippen LogP contribution in [-0.4, -0.2) is 26.3 Å². The molecule has 1 amide bonds. The number of aromatic nitrogens is 3. The van der Waals surface area contributed by atoms with Crippen LogP contribution < -0.4 is 4.90 Å². The highest BCUT2D eigenvalue weighted by Crippen LogP contribution is 2.30. The molecule has 0 saturated carbocycles. The Morgan fingerprint density at radius 1 is 1.50 bits per heavy atom. The first-order chi connectivity index (χ1) is 12.2. The predicted molar refractivity (Wildman–Crippen MR) is 107 cm³/mol. The monoisotopic (exact) mass is 508 g/mol. The van der Waals surface area contributed by atoms with Crippen LogP contribution in [0.4, 0.5) is 15.0 Å². The molecule has 0 fully saturated rings. The number of hydrogen-bond acceptors (Lipinski definition) is 5. The highest BCUT2D eigenvalue weighted by molar-refractivity contribution is 14.1. The van der Waals surface area contributed by atoms with E-state index in [1.54, 1.807) is 20.8 Å². The van der Waals surface area contributed by atoms with Crippen molar-refractivity contribution in [1.29, 1.82) is 0 Å². The van der Waals surface area contributed by atoms with E-state index in [1.165, 1.54) is 26.9 Å². The molecule has 3 aromatic rings. The average molecular weight is 509 g/mol. The van der Waals surface area contributed by atoms with Crippen molar-refractivity contribution in [3.8, 4) is 0 Å². The summed E-state index contributed by atoms with van der Waals surface area (Å²) in [6.45, 7) is 5.46. The number of carbonyl (C=O) groups is 1. The second kappa shape index (κ2) is 7.28. The minimum Gasteiger partial charge on any atom is -0.443 e. The minimum absolute atomic E-state index is 0.0630. The lowest BCUT2D eigenvalue weighted by atomic mass is 10.2. The zero-order valence-corrected chi connectivity index (χ0v) is 17.9. The van der Waals surface area contributed by atoms with Crippen LogP contribution in [0.2, 0.25) is 5.28 Å². The maximum Gasteiger partial charge on any atom is 0.416 e. The first kappa shape index (κ1) is 19.3. The van der Waals surface area contributed by atoms with Gasteiger partial charge in [0.15, 0.2) is 11.6 Å². The van der Waals surface area contributed by atoms with Crippen molar-refractivity contribution in [2.75, 3.05) is 4.90 Å². The van der Waals surface area contributed by atoms with Crippen molar-refractivity contribution in [3.63, 3.8) is 0 Å². The fourth-order valence-corrected chi connectivity index (χ4v) is 3.64. The molecule has 3 aromatic heterocycles. The van der Waals surface area contributed by atoms with Gasteiger partial charge in [-0.3, -0.25) is 4.90 Å². The smallest absolute Gasteiger partial charge is 0.416 e. The Kier molecular flexibility index (Phi) is 5.40. The summed E-state index contributed by atoms with van der Waals surface area (Å²) in [4.78, 5) is 19.1. The maximum absolute atomic E-state index is 14.7. The normalized spacial score (nSPS) is 11.8. The highest BCUT2D eigenvalue weighted by atomic mass is 127. The lowest BCUT2D eigenvalue weighted by Gasteiger charge is -2.26. The lowest BCUT2D eigenvalue weighted by molar-refractivity contribution is 0.0577. The molecule has 0 atom stereocenters. The fourth-order valence-electron chi connectivity index (χ4n) is 2.26. The summed E-state index contributed by atoms with van der Waals surface area (Å²) in [5.41, 5.74) is -0.645. The van der Waals surface area contributed by atoms with Crippen molar-refractivity contribution in [2.24, 2.45) is 0 Å². The molecule has 0 aromatic carbocycles. The van der Waals surface area contributed by atoms with E-state index in [0.29, 0.717) is 3.57 Å². The first-order valence-corrected chi connectivity index (χ1v) is 9.92. The standard InChI is InChI=1S/C16H15ClFIN4O2S/c1-16(2,3)25-15(24)22(7-9-5-4-6-26-9)13-12-11(18)10(19)8-23(12)21-14(17)20-13/h4-6,8H,7H2,1-3H3. The predicted octanol–water partition coefficient (Wildman–Crippen LogP) is 5.13. The molecule has 0 saturated heterocycles. The van der Waals surface area contributed by atoms with Crippen molar-refractivity contribution >= 4 is 63.0 Å². The van der Waals surface area contributed by atoms with Gasteiger partial charge in [0.2, 0.25) is 5.28 Å². The third-order valence-electron chi connectivity index (χ3n) is 3.25. The Labute approximate surface area is 172 Å². The number of nitrogens with zero attached hydrogens (tertiary/aromatic N) is 4. The molecule has 0 aliphatic carbocycles. The van der Waals surface area contributed by atoms with E-state index in [-0.39, 0.29) is 23.2 Å². The third kappa shape index (κ3) is 4.09. The molecule has 0 bridgehead atoms. The molecule has 3 rings (SSSR count). The summed E-state index contributed by atoms with van der Waals surface area (Å²) in [6.07, 6.45) is 0.846. The van der Waals surface area contributed by atoms with Crippen LogP contribution in [0.5, 0.6) is 0 Å². The van der Waals surface area contributed by atoms with Gasteiger partial charge in [-0.15, -0.1) is 16.4 Å². The topological polar surface area (TPSA) is 59.7 Å². The molecule has 0 aliphatic rings. The molecular weight excluding hydrogens is 494 g/mol. The van der Waals surface area contributed by atoms with E-state index in [1.807, 2.05) is 40.1 Å². The van der Waals surface area contributed by atoms with Crippen molar-refractivity contribution in [3.05, 3.63) is 43.3 Å². The lowest BCUT2D eigenvalue weighted by Crippen LogP contribution is -2.37. The van der Waals surface area contributed by atoms with Gasteiger partial charge in [-0.05, 0) is 66.4 Å². The molecule has 138 valence electrons. The number of fused-ring (bicyclic) bond motifs is 1. The van der Waals surface area contributed by atoms with Crippen LogP contribution in [0.3, 0.4) is 0 Å². The summed E-state index contributed by atoms with van der Waals surface area (Å²) in [7, 11) is 0. The summed E-state index contributed by atoms with van der Waals surface area (Å²) >= 11 is 9.33. The van der Waals surface area contributed by atoms with Crippen LogP contribution in [0, 0.1) is 9.39 Å². The quantitative estimate of drug-likeness (QED) is 0.460. The summed E-state index contributed by atoms with van der Waals surface area (Å²) < 4.78 is 21.8. The number of rotatable bonds is 3. The molecular formula is C16H15ClFIN4O2S. The van der Waals surface area contributed by atoms with E-state index < -0.39 is 17.5 Å². The Morgan fingerprint density at radius 3 is 2.85 bits per heavy atom. The molecule has 0 radical (unpaired) electrons. The fraction of sp³-hybridized carbons (Fsp3) is 0.312. The number of halogens is 3. The first-order valence-electron chi connectivity index (χ1n) is 7.58. The van der Waals surface area contributed by atoms with Crippen LogP contribution in [0.15, 0.2) is 23.7 Å². The molecule has 10 heteroatoms. The second-order valence-corrected chi connectivity index (χ2v) is 8.97. The number of hydrogen-bond donors (Lipinski definition) is 0. The molecule has 0 unspecified atom stereocenters. The van der Waals surface area contributed by atoms with Crippen molar-refractivity contribution in [1.82, 2.24) is 14.6 Å². The summed E-state index contributed by atoms with van der Waals surface area (Å²) in [5, 5.41) is 5.78. The van der Waals surface area contributed by atoms with E-state index in [0.717, 1.165) is 4.88 Å². The van der Waals surface area contributed by atoms with Crippen LogP contribution in [0.1, 0.15) is 25.6 Å². The van der Waals surface area contributed by atoms with E-state index in [9.17, 15) is 9.18 Å². The molecule has 3 heterocycles. The van der Waals surface area contributed by atoms with Gasteiger partial charge < -0.3 is 4.74 Å². The van der Waals surface area contributed by atoms with Gasteiger partial charge in [-0.1, -0.05) is 6.07 Å². The van der Waals surface area contributed by atoms with E-state index >= 15 is 0 Å². The van der Waals surface area contributed by atoms with Gasteiger partial charge in [0, 0.05) is 11.1 Å². The summed E-state index contributed by atoms with van der Waals surface area (Å²) in [5.74, 6) is -0.454. The van der Waals surface area contributed by atoms with Crippen molar-refractivity contribution in [2.45, 2.75) is 32.9 Å². The Balaban J connectivity index is 2.15. The molecule has 0 aliphatic heterocycles. The molecule has 26 heavy (non-hydrogen) atoms. The van der Waals surface area contributed by atoms with E-state index in [2.05, 4.69) is 10.1 Å². The molecule has 6 nitrogen and oxygen atoms in total. The van der Waals surface area contributed by atoms with Gasteiger partial charge in [-0.2, -0.15) is 4.98 Å². The van der Waals surface area contributed by atoms with Crippen molar-refractivity contribution < 1.29 is 13.9 Å². The largest absolute Gasteiger partial charge is 0.443 e. The average Bonchev–Trinajstić information content (AvgIpc) is 3.11. The highest BCUT2D eigenvalue weighted by Gasteiger charge is 2.29. The zero-order chi connectivity index (χ0) is 19.1.